The van der Waals surface area contributed by atoms with Gasteiger partial charge in [0.15, 0.2) is 5.65 Å². The lowest BCUT2D eigenvalue weighted by atomic mass is 10.1. The van der Waals surface area contributed by atoms with Crippen molar-refractivity contribution in [2.75, 3.05) is 31.6 Å². The summed E-state index contributed by atoms with van der Waals surface area (Å²) in [5, 5.41) is 3.09. The predicted molar refractivity (Wildman–Crippen MR) is 120 cm³/mol. The van der Waals surface area contributed by atoms with Crippen LogP contribution < -0.4 is 5.32 Å². The molecule has 1 aromatic carbocycles. The number of fused-ring (bicyclic) bond motifs is 1. The van der Waals surface area contributed by atoms with E-state index in [9.17, 15) is 4.79 Å². The number of benzene rings is 1. The van der Waals surface area contributed by atoms with Gasteiger partial charge in [-0.1, -0.05) is 24.6 Å². The summed E-state index contributed by atoms with van der Waals surface area (Å²) in [5.74, 6) is -0.152. The van der Waals surface area contributed by atoms with Crippen molar-refractivity contribution in [3.05, 3.63) is 54.0 Å². The molecule has 1 N–H and O–H groups in total. The number of aromatic nitrogens is 3. The lowest BCUT2D eigenvalue weighted by Crippen LogP contribution is -2.29. The average Bonchev–Trinajstić information content (AvgIpc) is 3.25. The molecule has 7 heteroatoms. The van der Waals surface area contributed by atoms with Crippen LogP contribution in [-0.2, 0) is 11.3 Å². The van der Waals surface area contributed by atoms with Crippen LogP contribution in [0.15, 0.2) is 42.9 Å². The third-order valence-electron chi connectivity index (χ3n) is 6.37. The number of imidazole rings is 1. The summed E-state index contributed by atoms with van der Waals surface area (Å²) in [6.45, 7) is 4.64. The average molecular weight is 420 g/mol. The summed E-state index contributed by atoms with van der Waals surface area (Å²) < 4.78 is 7.58. The van der Waals surface area contributed by atoms with E-state index < -0.39 is 0 Å². The number of rotatable bonds is 5. The highest BCUT2D eigenvalue weighted by Crippen LogP contribution is 2.25. The van der Waals surface area contributed by atoms with E-state index in [0.29, 0.717) is 11.6 Å². The molecule has 0 bridgehead atoms. The van der Waals surface area contributed by atoms with Gasteiger partial charge in [0.05, 0.1) is 11.9 Å². The predicted octanol–water partition coefficient (Wildman–Crippen LogP) is 4.02. The van der Waals surface area contributed by atoms with Gasteiger partial charge in [-0.3, -0.25) is 9.69 Å². The van der Waals surface area contributed by atoms with Crippen molar-refractivity contribution in [1.29, 1.82) is 0 Å². The highest BCUT2D eigenvalue weighted by molar-refractivity contribution is 6.05. The minimum Gasteiger partial charge on any atom is -0.381 e. The molecule has 0 unspecified atom stereocenters. The maximum Gasteiger partial charge on any atom is 0.257 e. The van der Waals surface area contributed by atoms with Gasteiger partial charge >= 0.3 is 0 Å². The van der Waals surface area contributed by atoms with Crippen molar-refractivity contribution >= 4 is 22.8 Å². The van der Waals surface area contributed by atoms with E-state index in [-0.39, 0.29) is 5.91 Å². The highest BCUT2D eigenvalue weighted by Gasteiger charge is 2.20. The summed E-state index contributed by atoms with van der Waals surface area (Å²) in [7, 11) is 0. The van der Waals surface area contributed by atoms with Gasteiger partial charge < -0.3 is 14.6 Å². The largest absolute Gasteiger partial charge is 0.381 e. The van der Waals surface area contributed by atoms with E-state index in [1.807, 2.05) is 30.6 Å². The Morgan fingerprint density at radius 1 is 1.10 bits per heavy atom. The number of ether oxygens (including phenoxy) is 1. The van der Waals surface area contributed by atoms with Crippen LogP contribution in [0.1, 0.15) is 54.1 Å². The molecule has 0 saturated carbocycles. The minimum absolute atomic E-state index is 0.152. The van der Waals surface area contributed by atoms with Crippen molar-refractivity contribution in [1.82, 2.24) is 19.4 Å². The van der Waals surface area contributed by atoms with E-state index in [1.54, 1.807) is 6.20 Å². The summed E-state index contributed by atoms with van der Waals surface area (Å²) >= 11 is 0. The van der Waals surface area contributed by atoms with Crippen LogP contribution in [0.3, 0.4) is 0 Å². The van der Waals surface area contributed by atoms with Crippen LogP contribution in [0.25, 0.3) is 11.2 Å². The molecule has 31 heavy (non-hydrogen) atoms. The van der Waals surface area contributed by atoms with Crippen molar-refractivity contribution in [2.45, 2.75) is 44.7 Å². The highest BCUT2D eigenvalue weighted by atomic mass is 16.5. The summed E-state index contributed by atoms with van der Waals surface area (Å²) in [5.41, 5.74) is 4.12. The first-order chi connectivity index (χ1) is 15.3. The molecule has 0 spiro atoms. The number of hydrogen-bond donors (Lipinski definition) is 1. The monoisotopic (exact) mass is 419 g/mol. The Morgan fingerprint density at radius 3 is 2.74 bits per heavy atom. The Labute approximate surface area is 182 Å². The number of likely N-dealkylation sites (tertiary alicyclic amines) is 1. The van der Waals surface area contributed by atoms with Crippen molar-refractivity contribution in [3.63, 3.8) is 0 Å². The Kier molecular flexibility index (Phi) is 5.95. The number of nitrogens with zero attached hydrogens (tertiary/aromatic N) is 4. The number of hydrogen-bond acceptors (Lipinski definition) is 5. The fourth-order valence-corrected chi connectivity index (χ4v) is 4.61. The van der Waals surface area contributed by atoms with Crippen molar-refractivity contribution in [3.8, 4) is 0 Å². The zero-order valence-electron chi connectivity index (χ0n) is 17.8. The number of para-hydroxylation sites is 1. The van der Waals surface area contributed by atoms with Gasteiger partial charge in [-0.15, -0.1) is 0 Å². The minimum atomic E-state index is -0.152. The third-order valence-corrected chi connectivity index (χ3v) is 6.37. The van der Waals surface area contributed by atoms with Crippen LogP contribution in [0.5, 0.6) is 0 Å². The molecule has 0 atom stereocenters. The molecule has 0 radical (unpaired) electrons. The number of amides is 1. The Bertz CT molecular complexity index is 1050. The molecule has 7 nitrogen and oxygen atoms in total. The molecule has 2 aromatic heterocycles. The second kappa shape index (κ2) is 9.16. The van der Waals surface area contributed by atoms with Gasteiger partial charge in [-0.25, -0.2) is 9.97 Å². The normalized spacial score (nSPS) is 18.3. The molecule has 0 aliphatic carbocycles. The van der Waals surface area contributed by atoms with E-state index >= 15 is 0 Å². The van der Waals surface area contributed by atoms with Gasteiger partial charge in [0, 0.05) is 37.7 Å². The molecule has 4 heterocycles. The van der Waals surface area contributed by atoms with Crippen LogP contribution >= 0.6 is 0 Å². The molecule has 3 aromatic rings. The second-order valence-electron chi connectivity index (χ2n) is 8.51. The first-order valence-electron chi connectivity index (χ1n) is 11.3. The maximum atomic E-state index is 13.0. The molecule has 5 rings (SSSR count). The standard InChI is InChI=1S/C24H29N5O2/c30-24(27-21-7-3-2-6-18(21)16-28-10-4-1-5-11-28)19-14-22-23(25-15-19)29(17-26-22)20-8-12-31-13-9-20/h2-3,6-7,14-15,17,20H,1,4-5,8-13,16H2,(H,27,30). The van der Waals surface area contributed by atoms with Crippen molar-refractivity contribution in [2.24, 2.45) is 0 Å². The lowest BCUT2D eigenvalue weighted by molar-refractivity contribution is 0.0704. The Hall–Kier alpha value is -2.77. The number of piperidine rings is 1. The molecular formula is C24H29N5O2. The molecule has 2 fully saturated rings. The summed E-state index contributed by atoms with van der Waals surface area (Å²) in [4.78, 5) is 24.6. The number of carbonyl (C=O) groups excluding carboxylic acids is 1. The molecule has 2 aliphatic heterocycles. The SMILES string of the molecule is O=C(Nc1ccccc1CN1CCCCC1)c1cnc2c(c1)ncn2C1CCOCC1. The van der Waals surface area contributed by atoms with Crippen LogP contribution in [0, 0.1) is 0 Å². The molecule has 1 amide bonds. The van der Waals surface area contributed by atoms with Gasteiger partial charge in [-0.05, 0) is 56.5 Å². The fourth-order valence-electron chi connectivity index (χ4n) is 4.61. The van der Waals surface area contributed by atoms with Crippen molar-refractivity contribution < 1.29 is 9.53 Å². The Morgan fingerprint density at radius 2 is 1.90 bits per heavy atom. The van der Waals surface area contributed by atoms with E-state index in [1.165, 1.54) is 19.3 Å². The van der Waals surface area contributed by atoms with Gasteiger partial charge in [0.2, 0.25) is 0 Å². The van der Waals surface area contributed by atoms with Gasteiger partial charge in [-0.2, -0.15) is 0 Å². The second-order valence-corrected chi connectivity index (χ2v) is 8.51. The maximum absolute atomic E-state index is 13.0. The number of pyridine rings is 1. The summed E-state index contributed by atoms with van der Waals surface area (Å²) in [6, 6.07) is 10.3. The smallest absolute Gasteiger partial charge is 0.257 e. The van der Waals surface area contributed by atoms with E-state index in [2.05, 4.69) is 30.8 Å². The summed E-state index contributed by atoms with van der Waals surface area (Å²) in [6.07, 6.45) is 9.23. The number of nitrogens with one attached hydrogen (secondary N) is 1. The number of carbonyl (C=O) groups is 1. The zero-order valence-corrected chi connectivity index (χ0v) is 17.8. The third kappa shape index (κ3) is 4.48. The first kappa shape index (κ1) is 20.2. The van der Waals surface area contributed by atoms with Crippen LogP contribution in [0.2, 0.25) is 0 Å². The molecule has 2 aliphatic rings. The molecule has 162 valence electrons. The quantitative estimate of drug-likeness (QED) is 0.676. The molecule has 2 saturated heterocycles. The zero-order chi connectivity index (χ0) is 21.0. The topological polar surface area (TPSA) is 72.3 Å². The van der Waals surface area contributed by atoms with Gasteiger partial charge in [0.25, 0.3) is 5.91 Å². The van der Waals surface area contributed by atoms with Gasteiger partial charge in [0.1, 0.15) is 5.52 Å². The Balaban J connectivity index is 1.32. The number of anilines is 1. The van der Waals surface area contributed by atoms with Crippen LogP contribution in [0.4, 0.5) is 5.69 Å². The fraction of sp³-hybridized carbons (Fsp3) is 0.458. The van der Waals surface area contributed by atoms with E-state index in [0.717, 1.165) is 68.1 Å². The van der Waals surface area contributed by atoms with E-state index in [4.69, 9.17) is 4.74 Å². The molecular weight excluding hydrogens is 390 g/mol. The van der Waals surface area contributed by atoms with Crippen LogP contribution in [-0.4, -0.2) is 51.6 Å². The first-order valence-corrected chi connectivity index (χ1v) is 11.3. The lowest BCUT2D eigenvalue weighted by Gasteiger charge is -2.27.